The van der Waals surface area contributed by atoms with E-state index in [4.69, 9.17) is 5.11 Å². The maximum Gasteiger partial charge on any atom is 0.408 e. The van der Waals surface area contributed by atoms with Crippen LogP contribution in [0.2, 0.25) is 0 Å². The highest BCUT2D eigenvalue weighted by atomic mass is 19.3. The fourth-order valence-corrected chi connectivity index (χ4v) is 1.82. The third-order valence-electron chi connectivity index (χ3n) is 2.56. The minimum atomic E-state index is -2.90. The number of carbonyl (C=O) groups excluding carboxylic acids is 1. The van der Waals surface area contributed by atoms with E-state index in [0.717, 1.165) is 12.0 Å². The molecule has 1 N–H and O–H groups in total. The van der Waals surface area contributed by atoms with Gasteiger partial charge in [0, 0.05) is 12.5 Å². The van der Waals surface area contributed by atoms with E-state index in [0.29, 0.717) is 0 Å². The van der Waals surface area contributed by atoms with Gasteiger partial charge in [-0.05, 0) is 6.42 Å². The van der Waals surface area contributed by atoms with Gasteiger partial charge in [-0.3, -0.25) is 4.90 Å². The Labute approximate surface area is 96.1 Å². The van der Waals surface area contributed by atoms with Crippen LogP contribution in [0.4, 0.5) is 13.6 Å². The van der Waals surface area contributed by atoms with Crippen LogP contribution in [-0.2, 0) is 14.3 Å². The lowest BCUT2D eigenvalue weighted by atomic mass is 10.1. The Morgan fingerprint density at radius 1 is 1.53 bits per heavy atom. The zero-order chi connectivity index (χ0) is 13.0. The van der Waals surface area contributed by atoms with E-state index in [2.05, 4.69) is 9.47 Å². The second kappa shape index (κ2) is 5.76. The highest BCUT2D eigenvalue weighted by Gasteiger charge is 2.40. The normalized spacial score (nSPS) is 24.1. The Kier molecular flexibility index (Phi) is 4.62. The van der Waals surface area contributed by atoms with E-state index >= 15 is 0 Å². The highest BCUT2D eigenvalue weighted by molar-refractivity contribution is 5.81. The fraction of sp³-hybridized carbons (Fsp3) is 0.778. The van der Waals surface area contributed by atoms with Crippen LogP contribution in [0, 0.1) is 5.92 Å². The molecule has 2 unspecified atom stereocenters. The third-order valence-corrected chi connectivity index (χ3v) is 2.56. The molecule has 0 aromatic heterocycles. The predicted octanol–water partition coefficient (Wildman–Crippen LogP) is 0.767. The number of hydrogen-bond acceptors (Lipinski definition) is 4. The first-order valence-electron chi connectivity index (χ1n) is 4.92. The van der Waals surface area contributed by atoms with Crippen LogP contribution in [0.1, 0.15) is 6.42 Å². The lowest BCUT2D eigenvalue weighted by Gasteiger charge is -2.18. The van der Waals surface area contributed by atoms with Crippen molar-refractivity contribution in [3.63, 3.8) is 0 Å². The predicted molar refractivity (Wildman–Crippen MR) is 50.6 cm³/mol. The average molecular weight is 253 g/mol. The summed E-state index contributed by atoms with van der Waals surface area (Å²) < 4.78 is 32.2. The Balaban J connectivity index is 2.59. The number of rotatable bonds is 4. The van der Waals surface area contributed by atoms with Crippen molar-refractivity contribution in [1.82, 2.24) is 4.90 Å². The molecule has 1 rings (SSSR count). The number of nitrogens with zero attached hydrogens (tertiary/aromatic N) is 1. The Morgan fingerprint density at radius 3 is 2.65 bits per heavy atom. The molecule has 1 aliphatic rings. The molecular weight excluding hydrogens is 240 g/mol. The molecule has 2 atom stereocenters. The molecule has 0 radical (unpaired) electrons. The van der Waals surface area contributed by atoms with Crippen LogP contribution in [0.25, 0.3) is 0 Å². The molecular formula is C9H13F2NO5. The summed E-state index contributed by atoms with van der Waals surface area (Å²) in [6.07, 6.45) is -1.15. The van der Waals surface area contributed by atoms with E-state index in [1.807, 2.05) is 0 Å². The van der Waals surface area contributed by atoms with Gasteiger partial charge in [0.25, 0.3) is 0 Å². The molecule has 0 saturated carbocycles. The van der Waals surface area contributed by atoms with Gasteiger partial charge >= 0.3 is 18.7 Å². The number of hydrogen-bond donors (Lipinski definition) is 1. The fourth-order valence-electron chi connectivity index (χ4n) is 1.82. The second-order valence-corrected chi connectivity index (χ2v) is 3.67. The van der Waals surface area contributed by atoms with Gasteiger partial charge in [-0.1, -0.05) is 0 Å². The lowest BCUT2D eigenvalue weighted by molar-refractivity contribution is -0.145. The van der Waals surface area contributed by atoms with Gasteiger partial charge in [-0.2, -0.15) is 8.78 Å². The number of alkyl halides is 2. The summed E-state index contributed by atoms with van der Waals surface area (Å²) in [7, 11) is 1.14. The smallest absolute Gasteiger partial charge is 0.408 e. The summed E-state index contributed by atoms with van der Waals surface area (Å²) in [4.78, 5) is 23.0. The number of amides is 1. The number of carboxylic acid groups (broad SMARTS) is 1. The SMILES string of the molecule is COC(=O)C1CC(COC(F)F)CN1C(=O)O. The topological polar surface area (TPSA) is 76.1 Å². The molecule has 6 nitrogen and oxygen atoms in total. The number of methoxy groups -OCH3 is 1. The van der Waals surface area contributed by atoms with Gasteiger partial charge in [0.05, 0.1) is 13.7 Å². The molecule has 0 aliphatic carbocycles. The van der Waals surface area contributed by atoms with Crippen molar-refractivity contribution in [1.29, 1.82) is 0 Å². The summed E-state index contributed by atoms with van der Waals surface area (Å²) in [5.74, 6) is -1.11. The molecule has 0 aromatic rings. The molecule has 1 aliphatic heterocycles. The number of halogens is 2. The average Bonchev–Trinajstić information content (AvgIpc) is 2.69. The lowest BCUT2D eigenvalue weighted by Crippen LogP contribution is -2.40. The zero-order valence-electron chi connectivity index (χ0n) is 9.14. The van der Waals surface area contributed by atoms with Crippen molar-refractivity contribution >= 4 is 12.1 Å². The minimum Gasteiger partial charge on any atom is -0.467 e. The number of carbonyl (C=O) groups is 2. The molecule has 1 saturated heterocycles. The summed E-state index contributed by atoms with van der Waals surface area (Å²) in [5.41, 5.74) is 0. The summed E-state index contributed by atoms with van der Waals surface area (Å²) >= 11 is 0. The molecule has 0 aromatic carbocycles. The van der Waals surface area contributed by atoms with E-state index in [9.17, 15) is 18.4 Å². The molecule has 1 heterocycles. The van der Waals surface area contributed by atoms with Crippen molar-refractivity contribution in [3.05, 3.63) is 0 Å². The molecule has 98 valence electrons. The number of likely N-dealkylation sites (tertiary alicyclic amines) is 1. The Hall–Kier alpha value is -1.44. The van der Waals surface area contributed by atoms with Gasteiger partial charge in [-0.15, -0.1) is 0 Å². The first-order chi connectivity index (χ1) is 7.95. The monoisotopic (exact) mass is 253 g/mol. The first-order valence-corrected chi connectivity index (χ1v) is 4.92. The van der Waals surface area contributed by atoms with Gasteiger partial charge in [0.2, 0.25) is 0 Å². The van der Waals surface area contributed by atoms with Gasteiger partial charge < -0.3 is 14.6 Å². The number of ether oxygens (including phenoxy) is 2. The van der Waals surface area contributed by atoms with Crippen LogP contribution in [-0.4, -0.2) is 55.0 Å². The third kappa shape index (κ3) is 3.52. The minimum absolute atomic E-state index is 0.0121. The molecule has 8 heteroatoms. The van der Waals surface area contributed by atoms with Gasteiger partial charge in [0.15, 0.2) is 0 Å². The van der Waals surface area contributed by atoms with Crippen molar-refractivity contribution in [2.45, 2.75) is 19.1 Å². The summed E-state index contributed by atoms with van der Waals surface area (Å²) in [6.45, 7) is -3.19. The van der Waals surface area contributed by atoms with Crippen LogP contribution in [0.3, 0.4) is 0 Å². The second-order valence-electron chi connectivity index (χ2n) is 3.67. The maximum atomic E-state index is 11.8. The summed E-state index contributed by atoms with van der Waals surface area (Å²) in [6, 6.07) is -0.941. The van der Waals surface area contributed by atoms with Crippen LogP contribution in [0.5, 0.6) is 0 Å². The molecule has 1 amide bonds. The van der Waals surface area contributed by atoms with Crippen molar-refractivity contribution in [2.75, 3.05) is 20.3 Å². The van der Waals surface area contributed by atoms with Crippen molar-refractivity contribution in [3.8, 4) is 0 Å². The first kappa shape index (κ1) is 13.6. The van der Waals surface area contributed by atoms with Crippen LogP contribution < -0.4 is 0 Å². The molecule has 17 heavy (non-hydrogen) atoms. The molecule has 0 bridgehead atoms. The number of esters is 1. The van der Waals surface area contributed by atoms with Crippen LogP contribution >= 0.6 is 0 Å². The quantitative estimate of drug-likeness (QED) is 0.749. The molecule has 0 spiro atoms. The highest BCUT2D eigenvalue weighted by Crippen LogP contribution is 2.25. The van der Waals surface area contributed by atoms with Crippen molar-refractivity contribution < 1.29 is 33.0 Å². The Bertz CT molecular complexity index is 299. The van der Waals surface area contributed by atoms with E-state index < -0.39 is 30.6 Å². The van der Waals surface area contributed by atoms with Gasteiger partial charge in [0.1, 0.15) is 6.04 Å². The Morgan fingerprint density at radius 2 is 2.18 bits per heavy atom. The maximum absolute atomic E-state index is 11.8. The largest absolute Gasteiger partial charge is 0.467 e. The zero-order valence-corrected chi connectivity index (χ0v) is 9.14. The van der Waals surface area contributed by atoms with Gasteiger partial charge in [-0.25, -0.2) is 9.59 Å². The van der Waals surface area contributed by atoms with E-state index in [-0.39, 0.29) is 19.6 Å². The van der Waals surface area contributed by atoms with E-state index in [1.165, 1.54) is 0 Å². The van der Waals surface area contributed by atoms with E-state index in [1.54, 1.807) is 0 Å². The standard InChI is InChI=1S/C9H13F2NO5/c1-16-7(13)6-2-5(4-17-8(10)11)3-12(6)9(14)15/h5-6,8H,2-4H2,1H3,(H,14,15). The van der Waals surface area contributed by atoms with Crippen molar-refractivity contribution in [2.24, 2.45) is 5.92 Å². The van der Waals surface area contributed by atoms with Crippen LogP contribution in [0.15, 0.2) is 0 Å². The summed E-state index contributed by atoms with van der Waals surface area (Å²) in [5, 5.41) is 8.85. The molecule has 1 fully saturated rings.